The number of nitro benzene ring substituents is 2. The van der Waals surface area contributed by atoms with Crippen molar-refractivity contribution in [1.29, 1.82) is 0 Å². The van der Waals surface area contributed by atoms with Crippen molar-refractivity contribution in [3.63, 3.8) is 0 Å². The second-order valence-corrected chi connectivity index (χ2v) is 6.37. The quantitative estimate of drug-likeness (QED) is 0.115. The van der Waals surface area contributed by atoms with Crippen LogP contribution in [0, 0.1) is 20.2 Å². The topological polar surface area (TPSA) is 151 Å². The molecule has 0 aliphatic rings. The summed E-state index contributed by atoms with van der Waals surface area (Å²) in [7, 11) is 4.34. The van der Waals surface area contributed by atoms with Crippen molar-refractivity contribution in [2.24, 2.45) is 4.30 Å². The van der Waals surface area contributed by atoms with E-state index >= 15 is 0 Å². The fourth-order valence-corrected chi connectivity index (χ4v) is 2.41. The van der Waals surface area contributed by atoms with Gasteiger partial charge in [0.15, 0.2) is 0 Å². The van der Waals surface area contributed by atoms with Crippen LogP contribution in [-0.4, -0.2) is 17.5 Å². The van der Waals surface area contributed by atoms with Crippen LogP contribution in [0.5, 0.6) is 0 Å². The number of hydrogen-bond acceptors (Lipinski definition) is 8. The summed E-state index contributed by atoms with van der Waals surface area (Å²) >= 11 is 5.80. The third-order valence-corrected chi connectivity index (χ3v) is 3.83. The van der Waals surface area contributed by atoms with E-state index < -0.39 is 60.5 Å². The van der Waals surface area contributed by atoms with Gasteiger partial charge < -0.3 is 11.5 Å². The summed E-state index contributed by atoms with van der Waals surface area (Å²) in [4.78, 5) is 18.9. The van der Waals surface area contributed by atoms with Gasteiger partial charge in [0.05, 0.1) is 21.0 Å². The van der Waals surface area contributed by atoms with E-state index in [1.807, 2.05) is 0 Å². The molecule has 2 aromatic carbocycles. The van der Waals surface area contributed by atoms with E-state index in [4.69, 9.17) is 11.5 Å². The van der Waals surface area contributed by atoms with E-state index in [2.05, 4.69) is 40.7 Å². The van der Waals surface area contributed by atoms with E-state index in [0.717, 1.165) is 12.1 Å². The number of nitrogens with zero attached hydrogens (tertiary/aromatic N) is 3. The average molecular weight is 549 g/mol. The predicted octanol–water partition coefficient (Wildman–Crippen LogP) is 5.34. The SMILES string of the molecule is Nc1cc(C(F)(F)F)c(Br)cc1[N+](=O)[O-].Nc1cc(C(F)(F)F)ccc1[N+](=O)[O-].[B]=NS. The van der Waals surface area contributed by atoms with Gasteiger partial charge in [-0.25, -0.2) is 0 Å². The molecule has 9 nitrogen and oxygen atoms in total. The van der Waals surface area contributed by atoms with Gasteiger partial charge in [0.2, 0.25) is 0 Å². The van der Waals surface area contributed by atoms with Crippen molar-refractivity contribution < 1.29 is 36.2 Å². The molecule has 0 amide bonds. The van der Waals surface area contributed by atoms with Crippen molar-refractivity contribution in [2.75, 3.05) is 11.5 Å². The number of rotatable bonds is 2. The number of hydrogen-bond donors (Lipinski definition) is 3. The molecule has 2 rings (SSSR count). The number of alkyl halides is 6. The van der Waals surface area contributed by atoms with E-state index in [-0.39, 0.29) is 0 Å². The van der Waals surface area contributed by atoms with E-state index in [1.165, 1.54) is 0 Å². The molecule has 0 spiro atoms. The molecule has 0 aliphatic carbocycles. The Kier molecular flexibility index (Phi) is 10.6. The maximum atomic E-state index is 12.3. The summed E-state index contributed by atoms with van der Waals surface area (Å²) in [6.07, 6.45) is -9.13. The number of anilines is 2. The van der Waals surface area contributed by atoms with Gasteiger partial charge in [-0.2, -0.15) is 26.3 Å². The Morgan fingerprint density at radius 2 is 1.34 bits per heavy atom. The summed E-state index contributed by atoms with van der Waals surface area (Å²) in [5.41, 5.74) is 6.06. The van der Waals surface area contributed by atoms with Crippen LogP contribution in [0.25, 0.3) is 0 Å². The zero-order valence-electron chi connectivity index (χ0n) is 15.2. The molecule has 0 saturated carbocycles. The predicted molar refractivity (Wildman–Crippen MR) is 110 cm³/mol. The minimum atomic E-state index is -4.60. The Morgan fingerprint density at radius 1 is 0.906 bits per heavy atom. The standard InChI is InChI=1S/C7H4BrF3N2O2.C7H5F3N2O2.BHNS/c8-4-2-6(13(14)15)5(12)1-3(4)7(9,10)11;8-7(9,10)4-1-2-6(12(13)14)5(11)3-4;1-2-3/h1-2H,12H2;1-3H,11H2;3H. The van der Waals surface area contributed by atoms with Crippen LogP contribution in [-0.2, 0) is 12.4 Å². The molecule has 173 valence electrons. The van der Waals surface area contributed by atoms with Crippen molar-refractivity contribution in [2.45, 2.75) is 12.4 Å². The van der Waals surface area contributed by atoms with Crippen molar-refractivity contribution in [3.8, 4) is 0 Å². The molecule has 32 heavy (non-hydrogen) atoms. The first kappa shape index (κ1) is 29.1. The molecule has 0 bridgehead atoms. The Bertz CT molecular complexity index is 1010. The van der Waals surface area contributed by atoms with Gasteiger partial charge in [-0.3, -0.25) is 20.2 Å². The molecule has 0 saturated heterocycles. The van der Waals surface area contributed by atoms with Crippen LogP contribution in [0.2, 0.25) is 0 Å². The molecule has 0 heterocycles. The molecule has 4 N–H and O–H groups in total. The fraction of sp³-hybridized carbons (Fsp3) is 0.143. The Morgan fingerprint density at radius 3 is 1.69 bits per heavy atom. The number of nitrogens with two attached hydrogens (primary N) is 2. The van der Waals surface area contributed by atoms with Crippen LogP contribution in [0.3, 0.4) is 0 Å². The Hall–Kier alpha value is -2.89. The molecule has 0 fully saturated rings. The van der Waals surface area contributed by atoms with Gasteiger partial charge in [0.1, 0.15) is 11.4 Å². The molecular weight excluding hydrogens is 539 g/mol. The van der Waals surface area contributed by atoms with Crippen molar-refractivity contribution in [3.05, 3.63) is 66.2 Å². The van der Waals surface area contributed by atoms with E-state index in [9.17, 15) is 46.6 Å². The summed E-state index contributed by atoms with van der Waals surface area (Å²) < 4.78 is 75.4. The minimum absolute atomic E-state index is 0.407. The molecule has 0 aromatic heterocycles. The van der Waals surface area contributed by atoms with Crippen LogP contribution in [0.4, 0.5) is 49.1 Å². The molecule has 1 radical (unpaired) electrons. The van der Waals surface area contributed by atoms with Gasteiger partial charge >= 0.3 is 37.1 Å². The second kappa shape index (κ2) is 11.7. The zero-order valence-corrected chi connectivity index (χ0v) is 17.7. The average Bonchev–Trinajstić information content (AvgIpc) is 2.62. The van der Waals surface area contributed by atoms with Gasteiger partial charge in [0, 0.05) is 16.6 Å². The van der Waals surface area contributed by atoms with Crippen LogP contribution in [0.15, 0.2) is 39.1 Å². The van der Waals surface area contributed by atoms with Crippen LogP contribution < -0.4 is 11.5 Å². The Labute approximate surface area is 189 Å². The second-order valence-electron chi connectivity index (χ2n) is 5.29. The molecule has 18 heteroatoms. The molecule has 0 atom stereocenters. The first-order valence-corrected chi connectivity index (χ1v) is 8.62. The van der Waals surface area contributed by atoms with E-state index in [1.54, 1.807) is 0 Å². The third kappa shape index (κ3) is 8.70. The third-order valence-electron chi connectivity index (χ3n) is 3.17. The zero-order chi connectivity index (χ0) is 25.4. The van der Waals surface area contributed by atoms with Gasteiger partial charge in [-0.1, -0.05) is 0 Å². The van der Waals surface area contributed by atoms with E-state index in [0.29, 0.717) is 18.2 Å². The monoisotopic (exact) mass is 548 g/mol. The molecule has 0 aliphatic heterocycles. The normalized spacial score (nSPS) is 10.7. The number of nitro groups is 2. The Balaban J connectivity index is 0.000000536. The first-order valence-electron chi connectivity index (χ1n) is 7.43. The molecule has 0 unspecified atom stereocenters. The summed E-state index contributed by atoms with van der Waals surface area (Å²) in [6.45, 7) is 0. The fourth-order valence-electron chi connectivity index (χ4n) is 1.85. The van der Waals surface area contributed by atoms with Crippen molar-refractivity contribution >= 4 is 59.1 Å². The number of nitrogen functional groups attached to an aromatic ring is 2. The van der Waals surface area contributed by atoms with Crippen LogP contribution in [0.1, 0.15) is 11.1 Å². The number of halogens is 7. The number of benzene rings is 2. The van der Waals surface area contributed by atoms with Gasteiger partial charge in [-0.05, 0) is 34.1 Å². The number of thiol groups is 1. The van der Waals surface area contributed by atoms with Crippen LogP contribution >= 0.6 is 28.7 Å². The molecular formula is C14H10BBrF6N5O4S. The van der Waals surface area contributed by atoms with Gasteiger partial charge in [0.25, 0.3) is 11.4 Å². The summed E-state index contributed by atoms with van der Waals surface area (Å²) in [5.74, 6) is 0. The maximum absolute atomic E-state index is 12.3. The van der Waals surface area contributed by atoms with Gasteiger partial charge in [-0.15, -0.1) is 0 Å². The summed E-state index contributed by atoms with van der Waals surface area (Å²) in [5, 5.41) is 20.6. The first-order chi connectivity index (χ1) is 14.5. The van der Waals surface area contributed by atoms with Crippen molar-refractivity contribution in [1.82, 2.24) is 0 Å². The molecule has 2 aromatic rings. The summed E-state index contributed by atoms with van der Waals surface area (Å²) in [6, 6.07) is 3.16.